The largest absolute Gasteiger partial charge is 0.462 e. The van der Waals surface area contributed by atoms with Crippen molar-refractivity contribution in [2.45, 2.75) is 6.92 Å². The van der Waals surface area contributed by atoms with E-state index in [1.807, 2.05) is 0 Å². The van der Waals surface area contributed by atoms with Crippen LogP contribution in [-0.4, -0.2) is 38.8 Å². The van der Waals surface area contributed by atoms with Gasteiger partial charge >= 0.3 is 5.97 Å². The molecular weight excluding hydrogens is 235 g/mol. The first kappa shape index (κ1) is 12.8. The Labute approximate surface area is 106 Å². The van der Waals surface area contributed by atoms with Crippen molar-refractivity contribution in [1.82, 2.24) is 5.32 Å². The summed E-state index contributed by atoms with van der Waals surface area (Å²) in [6, 6.07) is 4.35. The van der Waals surface area contributed by atoms with Crippen molar-refractivity contribution in [3.8, 4) is 0 Å². The molecule has 2 rings (SSSR count). The first-order valence-corrected chi connectivity index (χ1v) is 6.14. The van der Waals surface area contributed by atoms with E-state index in [4.69, 9.17) is 4.74 Å². The summed E-state index contributed by atoms with van der Waals surface area (Å²) in [5, 5.41) is 3.23. The maximum atomic E-state index is 13.5. The highest BCUT2D eigenvalue weighted by Gasteiger charge is 2.15. The zero-order valence-electron chi connectivity index (χ0n) is 10.4. The molecular formula is C13H17FN2O2. The molecule has 1 heterocycles. The number of esters is 1. The van der Waals surface area contributed by atoms with Gasteiger partial charge in [0.2, 0.25) is 0 Å². The van der Waals surface area contributed by atoms with Crippen molar-refractivity contribution in [3.05, 3.63) is 29.6 Å². The Hall–Kier alpha value is -1.62. The lowest BCUT2D eigenvalue weighted by Crippen LogP contribution is -2.43. The lowest BCUT2D eigenvalue weighted by atomic mass is 10.1. The summed E-state index contributed by atoms with van der Waals surface area (Å²) < 4.78 is 18.4. The fourth-order valence-electron chi connectivity index (χ4n) is 2.01. The molecule has 98 valence electrons. The van der Waals surface area contributed by atoms with Crippen LogP contribution < -0.4 is 10.2 Å². The molecule has 1 aromatic carbocycles. The Kier molecular flexibility index (Phi) is 4.15. The number of benzene rings is 1. The number of nitrogens with zero attached hydrogens (tertiary/aromatic N) is 1. The van der Waals surface area contributed by atoms with Gasteiger partial charge in [-0.15, -0.1) is 0 Å². The van der Waals surface area contributed by atoms with Gasteiger partial charge in [0.25, 0.3) is 0 Å². The van der Waals surface area contributed by atoms with Crippen molar-refractivity contribution in [2.24, 2.45) is 0 Å². The number of hydrogen-bond donors (Lipinski definition) is 1. The van der Waals surface area contributed by atoms with Crippen molar-refractivity contribution >= 4 is 11.7 Å². The molecule has 0 atom stereocenters. The van der Waals surface area contributed by atoms with Crippen molar-refractivity contribution in [2.75, 3.05) is 37.7 Å². The summed E-state index contributed by atoms with van der Waals surface area (Å²) in [4.78, 5) is 13.7. The number of ether oxygens (including phenoxy) is 1. The molecule has 1 aliphatic heterocycles. The SMILES string of the molecule is CCOC(=O)c1cc(F)cc(N2CCNCC2)c1. The predicted molar refractivity (Wildman–Crippen MR) is 67.4 cm³/mol. The molecule has 1 aliphatic rings. The predicted octanol–water partition coefficient (Wildman–Crippen LogP) is 1.41. The third kappa shape index (κ3) is 2.98. The Morgan fingerprint density at radius 2 is 2.11 bits per heavy atom. The summed E-state index contributed by atoms with van der Waals surface area (Å²) in [6.07, 6.45) is 0. The van der Waals surface area contributed by atoms with Crippen LogP contribution >= 0.6 is 0 Å². The molecule has 0 bridgehead atoms. The van der Waals surface area contributed by atoms with E-state index in [0.717, 1.165) is 31.9 Å². The molecule has 4 nitrogen and oxygen atoms in total. The molecule has 0 amide bonds. The van der Waals surface area contributed by atoms with Crippen molar-refractivity contribution in [1.29, 1.82) is 0 Å². The minimum Gasteiger partial charge on any atom is -0.462 e. The number of piperazine rings is 1. The minimum atomic E-state index is -0.478. The highest BCUT2D eigenvalue weighted by molar-refractivity contribution is 5.90. The van der Waals surface area contributed by atoms with E-state index in [1.165, 1.54) is 12.1 Å². The zero-order chi connectivity index (χ0) is 13.0. The normalized spacial score (nSPS) is 15.6. The van der Waals surface area contributed by atoms with Crippen LogP contribution in [0.2, 0.25) is 0 Å². The lowest BCUT2D eigenvalue weighted by Gasteiger charge is -2.29. The van der Waals surface area contributed by atoms with E-state index in [0.29, 0.717) is 0 Å². The van der Waals surface area contributed by atoms with E-state index in [1.54, 1.807) is 13.0 Å². The van der Waals surface area contributed by atoms with Gasteiger partial charge in [-0.25, -0.2) is 9.18 Å². The zero-order valence-corrected chi connectivity index (χ0v) is 10.4. The van der Waals surface area contributed by atoms with Gasteiger partial charge in [0.15, 0.2) is 0 Å². The second-order valence-electron chi connectivity index (χ2n) is 4.16. The number of hydrogen-bond acceptors (Lipinski definition) is 4. The Morgan fingerprint density at radius 3 is 2.78 bits per heavy atom. The average molecular weight is 252 g/mol. The topological polar surface area (TPSA) is 41.6 Å². The minimum absolute atomic E-state index is 0.269. The van der Waals surface area contributed by atoms with Crippen LogP contribution in [0.4, 0.5) is 10.1 Å². The Morgan fingerprint density at radius 1 is 1.39 bits per heavy atom. The number of anilines is 1. The van der Waals surface area contributed by atoms with Crippen molar-refractivity contribution in [3.63, 3.8) is 0 Å². The molecule has 0 unspecified atom stereocenters. The number of rotatable bonds is 3. The van der Waals surface area contributed by atoms with Crippen LogP contribution in [-0.2, 0) is 4.74 Å². The Balaban J connectivity index is 2.22. The Bertz CT molecular complexity index is 431. The second kappa shape index (κ2) is 5.82. The van der Waals surface area contributed by atoms with Crippen LogP contribution in [0.5, 0.6) is 0 Å². The molecule has 5 heteroatoms. The van der Waals surface area contributed by atoms with Crippen LogP contribution in [0.1, 0.15) is 17.3 Å². The number of carbonyl (C=O) groups is 1. The number of halogens is 1. The van der Waals surface area contributed by atoms with Crippen LogP contribution in [0.3, 0.4) is 0 Å². The molecule has 0 aromatic heterocycles. The molecule has 0 radical (unpaired) electrons. The smallest absolute Gasteiger partial charge is 0.338 e. The molecule has 1 saturated heterocycles. The number of nitrogens with one attached hydrogen (secondary N) is 1. The fourth-order valence-corrected chi connectivity index (χ4v) is 2.01. The van der Waals surface area contributed by atoms with Gasteiger partial charge in [0.1, 0.15) is 5.82 Å². The van der Waals surface area contributed by atoms with Gasteiger partial charge in [-0.2, -0.15) is 0 Å². The molecule has 1 N–H and O–H groups in total. The van der Waals surface area contributed by atoms with E-state index < -0.39 is 11.8 Å². The standard InChI is InChI=1S/C13H17FN2O2/c1-2-18-13(17)10-7-11(14)9-12(8-10)16-5-3-15-4-6-16/h7-9,15H,2-6H2,1H3. The monoisotopic (exact) mass is 252 g/mol. The molecule has 1 fully saturated rings. The van der Waals surface area contributed by atoms with E-state index in [2.05, 4.69) is 10.2 Å². The summed E-state index contributed by atoms with van der Waals surface area (Å²) >= 11 is 0. The molecule has 0 spiro atoms. The quantitative estimate of drug-likeness (QED) is 0.826. The fraction of sp³-hybridized carbons (Fsp3) is 0.462. The highest BCUT2D eigenvalue weighted by atomic mass is 19.1. The van der Waals surface area contributed by atoms with Gasteiger partial charge in [-0.3, -0.25) is 0 Å². The third-order valence-electron chi connectivity index (χ3n) is 2.88. The maximum absolute atomic E-state index is 13.5. The van der Waals surface area contributed by atoms with E-state index in [9.17, 15) is 9.18 Å². The third-order valence-corrected chi connectivity index (χ3v) is 2.88. The van der Waals surface area contributed by atoms with Crippen LogP contribution in [0, 0.1) is 5.82 Å². The highest BCUT2D eigenvalue weighted by Crippen LogP contribution is 2.19. The van der Waals surface area contributed by atoms with Crippen LogP contribution in [0.15, 0.2) is 18.2 Å². The first-order valence-electron chi connectivity index (χ1n) is 6.14. The molecule has 1 aromatic rings. The molecule has 18 heavy (non-hydrogen) atoms. The summed E-state index contributed by atoms with van der Waals surface area (Å²) in [7, 11) is 0. The molecule has 0 saturated carbocycles. The lowest BCUT2D eigenvalue weighted by molar-refractivity contribution is 0.0526. The van der Waals surface area contributed by atoms with Gasteiger partial charge < -0.3 is 15.0 Å². The van der Waals surface area contributed by atoms with Gasteiger partial charge in [0, 0.05) is 31.9 Å². The summed E-state index contributed by atoms with van der Waals surface area (Å²) in [5.74, 6) is -0.887. The van der Waals surface area contributed by atoms with Gasteiger partial charge in [0.05, 0.1) is 12.2 Å². The van der Waals surface area contributed by atoms with Crippen LogP contribution in [0.25, 0.3) is 0 Å². The first-order chi connectivity index (χ1) is 8.70. The maximum Gasteiger partial charge on any atom is 0.338 e. The average Bonchev–Trinajstić information content (AvgIpc) is 2.39. The van der Waals surface area contributed by atoms with Crippen molar-refractivity contribution < 1.29 is 13.9 Å². The number of carbonyl (C=O) groups excluding carboxylic acids is 1. The second-order valence-corrected chi connectivity index (χ2v) is 4.16. The van der Waals surface area contributed by atoms with Gasteiger partial charge in [-0.1, -0.05) is 0 Å². The molecule has 0 aliphatic carbocycles. The van der Waals surface area contributed by atoms with Gasteiger partial charge in [-0.05, 0) is 25.1 Å². The summed E-state index contributed by atoms with van der Waals surface area (Å²) in [6.45, 7) is 5.38. The summed E-state index contributed by atoms with van der Waals surface area (Å²) in [5.41, 5.74) is 1.00. The van der Waals surface area contributed by atoms with E-state index >= 15 is 0 Å². The van der Waals surface area contributed by atoms with E-state index in [-0.39, 0.29) is 12.2 Å².